The summed E-state index contributed by atoms with van der Waals surface area (Å²) in [6.45, 7) is 0. The number of carbonyl (C=O) groups excluding carboxylic acids is 2. The maximum atomic E-state index is 12.4. The molecule has 0 fully saturated rings. The number of fused-ring (bicyclic) bond motifs is 1. The van der Waals surface area contributed by atoms with Gasteiger partial charge in [0, 0.05) is 4.47 Å². The van der Waals surface area contributed by atoms with Gasteiger partial charge in [-0.3, -0.25) is 4.79 Å². The van der Waals surface area contributed by atoms with E-state index in [4.69, 9.17) is 4.74 Å². The zero-order valence-corrected chi connectivity index (χ0v) is 17.9. The summed E-state index contributed by atoms with van der Waals surface area (Å²) in [5, 5.41) is 4.14. The van der Waals surface area contributed by atoms with Crippen LogP contribution in [-0.2, 0) is 25.1 Å². The van der Waals surface area contributed by atoms with Crippen LogP contribution in [0.3, 0.4) is 0 Å². The summed E-state index contributed by atoms with van der Waals surface area (Å²) in [6.07, 6.45) is 0. The molecular weight excluding hydrogens is 458 g/mol. The molecule has 0 bridgehead atoms. The van der Waals surface area contributed by atoms with E-state index in [1.807, 2.05) is 24.3 Å². The normalized spacial score (nSPS) is 11.2. The number of esters is 1. The van der Waals surface area contributed by atoms with Gasteiger partial charge in [0.25, 0.3) is 0 Å². The summed E-state index contributed by atoms with van der Waals surface area (Å²) in [4.78, 5) is 24.6. The molecule has 0 heterocycles. The van der Waals surface area contributed by atoms with E-state index in [0.29, 0.717) is 5.56 Å². The summed E-state index contributed by atoms with van der Waals surface area (Å²) in [6, 6.07) is 17.4. The fourth-order valence-corrected chi connectivity index (χ4v) is 4.65. The molecule has 3 aromatic carbocycles. The van der Waals surface area contributed by atoms with E-state index in [0.717, 1.165) is 15.2 Å². The molecule has 0 atom stereocenters. The number of sulfone groups is 1. The number of carbonyl (C=O) groups is 2. The Labute approximate surface area is 176 Å². The molecule has 6 nitrogen and oxygen atoms in total. The van der Waals surface area contributed by atoms with Crippen molar-refractivity contribution in [3.05, 3.63) is 76.3 Å². The molecule has 0 spiro atoms. The van der Waals surface area contributed by atoms with Gasteiger partial charge in [-0.15, -0.1) is 0 Å². The van der Waals surface area contributed by atoms with Gasteiger partial charge in [-0.1, -0.05) is 52.3 Å². The third-order valence-electron chi connectivity index (χ3n) is 4.19. The van der Waals surface area contributed by atoms with E-state index < -0.39 is 27.5 Å². The predicted octanol–water partition coefficient (Wildman–Crippen LogP) is 3.94. The number of nitrogens with one attached hydrogen (secondary N) is 1. The van der Waals surface area contributed by atoms with Crippen molar-refractivity contribution in [3.63, 3.8) is 0 Å². The third kappa shape index (κ3) is 5.42. The molecule has 0 aliphatic heterocycles. The van der Waals surface area contributed by atoms with Crippen LogP contribution in [0.2, 0.25) is 0 Å². The average molecular weight is 476 g/mol. The van der Waals surface area contributed by atoms with Gasteiger partial charge < -0.3 is 10.1 Å². The lowest BCUT2D eigenvalue weighted by Gasteiger charge is -2.12. The molecule has 3 rings (SSSR count). The first-order valence-electron chi connectivity index (χ1n) is 8.63. The summed E-state index contributed by atoms with van der Waals surface area (Å²) in [5.74, 6) is -2.31. The van der Waals surface area contributed by atoms with E-state index in [1.165, 1.54) is 7.11 Å². The smallest absolute Gasteiger partial charge is 0.339 e. The molecule has 0 aliphatic carbocycles. The molecule has 0 unspecified atom stereocenters. The second-order valence-electron chi connectivity index (χ2n) is 6.45. The molecule has 0 radical (unpaired) electrons. The Morgan fingerprint density at radius 1 is 1.00 bits per heavy atom. The van der Waals surface area contributed by atoms with Crippen LogP contribution in [0.15, 0.2) is 65.1 Å². The zero-order valence-electron chi connectivity index (χ0n) is 15.5. The highest BCUT2D eigenvalue weighted by molar-refractivity contribution is 9.10. The summed E-state index contributed by atoms with van der Waals surface area (Å²) in [5.41, 5.74) is 0.940. The highest BCUT2D eigenvalue weighted by Gasteiger charge is 2.20. The topological polar surface area (TPSA) is 89.5 Å². The SMILES string of the molecule is COC(=O)c1cc2ccccc2cc1NC(=O)CS(=O)(=O)Cc1cccc(Br)c1. The minimum absolute atomic E-state index is 0.156. The second kappa shape index (κ2) is 8.75. The highest BCUT2D eigenvalue weighted by atomic mass is 79.9. The van der Waals surface area contributed by atoms with Crippen molar-refractivity contribution in [3.8, 4) is 0 Å². The predicted molar refractivity (Wildman–Crippen MR) is 116 cm³/mol. The van der Waals surface area contributed by atoms with Crippen LogP contribution < -0.4 is 5.32 Å². The monoisotopic (exact) mass is 475 g/mol. The molecule has 0 aliphatic rings. The van der Waals surface area contributed by atoms with Crippen molar-refractivity contribution in [2.24, 2.45) is 0 Å². The fraction of sp³-hybridized carbons (Fsp3) is 0.143. The second-order valence-corrected chi connectivity index (χ2v) is 9.43. The molecule has 150 valence electrons. The molecular formula is C21H18BrNO5S. The first-order valence-corrected chi connectivity index (χ1v) is 11.2. The number of ether oxygens (including phenoxy) is 1. The average Bonchev–Trinajstić information content (AvgIpc) is 2.65. The van der Waals surface area contributed by atoms with E-state index in [1.54, 1.807) is 36.4 Å². The van der Waals surface area contributed by atoms with Gasteiger partial charge in [0.1, 0.15) is 5.75 Å². The Bertz CT molecular complexity index is 1190. The van der Waals surface area contributed by atoms with Crippen LogP contribution in [-0.4, -0.2) is 33.2 Å². The van der Waals surface area contributed by atoms with Crippen molar-refractivity contribution >= 4 is 54.1 Å². The summed E-state index contributed by atoms with van der Waals surface area (Å²) < 4.78 is 30.4. The van der Waals surface area contributed by atoms with Crippen LogP contribution in [0.4, 0.5) is 5.69 Å². The molecule has 1 N–H and O–H groups in total. The van der Waals surface area contributed by atoms with E-state index in [-0.39, 0.29) is 17.0 Å². The first-order chi connectivity index (χ1) is 13.8. The Morgan fingerprint density at radius 3 is 2.34 bits per heavy atom. The molecule has 29 heavy (non-hydrogen) atoms. The van der Waals surface area contributed by atoms with Crippen LogP contribution in [0, 0.1) is 0 Å². The Kier molecular flexibility index (Phi) is 6.34. The quantitative estimate of drug-likeness (QED) is 0.545. The maximum absolute atomic E-state index is 12.4. The third-order valence-corrected chi connectivity index (χ3v) is 6.16. The molecule has 0 saturated carbocycles. The van der Waals surface area contributed by atoms with E-state index in [9.17, 15) is 18.0 Å². The van der Waals surface area contributed by atoms with Gasteiger partial charge in [-0.25, -0.2) is 13.2 Å². The summed E-state index contributed by atoms with van der Waals surface area (Å²) in [7, 11) is -2.46. The number of methoxy groups -OCH3 is 1. The van der Waals surface area contributed by atoms with Crippen LogP contribution >= 0.6 is 15.9 Å². The zero-order chi connectivity index (χ0) is 21.0. The lowest BCUT2D eigenvalue weighted by atomic mass is 10.0. The number of amides is 1. The number of rotatable bonds is 6. The van der Waals surface area contributed by atoms with Crippen molar-refractivity contribution in [2.75, 3.05) is 18.2 Å². The Balaban J connectivity index is 1.82. The minimum Gasteiger partial charge on any atom is -0.465 e. The molecule has 0 aromatic heterocycles. The van der Waals surface area contributed by atoms with Crippen molar-refractivity contribution < 1.29 is 22.7 Å². The van der Waals surface area contributed by atoms with Crippen LogP contribution in [0.1, 0.15) is 15.9 Å². The van der Waals surface area contributed by atoms with Crippen molar-refractivity contribution in [1.29, 1.82) is 0 Å². The van der Waals surface area contributed by atoms with Crippen LogP contribution in [0.5, 0.6) is 0 Å². The van der Waals surface area contributed by atoms with Gasteiger partial charge in [-0.2, -0.15) is 0 Å². The molecule has 1 amide bonds. The standard InChI is InChI=1S/C21H18BrNO5S/c1-28-21(25)18-10-15-6-2-3-7-16(15)11-19(18)23-20(24)13-29(26,27)12-14-5-4-8-17(22)9-14/h2-11H,12-13H2,1H3,(H,23,24). The van der Waals surface area contributed by atoms with Crippen molar-refractivity contribution in [2.45, 2.75) is 5.75 Å². The van der Waals surface area contributed by atoms with E-state index >= 15 is 0 Å². The highest BCUT2D eigenvalue weighted by Crippen LogP contribution is 2.25. The molecule has 8 heteroatoms. The van der Waals surface area contributed by atoms with Gasteiger partial charge in [0.05, 0.1) is 24.1 Å². The fourth-order valence-electron chi connectivity index (χ4n) is 2.94. The number of hydrogen-bond acceptors (Lipinski definition) is 5. The first kappa shape index (κ1) is 21.0. The van der Waals surface area contributed by atoms with Gasteiger partial charge in [0.15, 0.2) is 9.84 Å². The Morgan fingerprint density at radius 2 is 1.69 bits per heavy atom. The van der Waals surface area contributed by atoms with Gasteiger partial charge in [-0.05, 0) is 40.6 Å². The van der Waals surface area contributed by atoms with Gasteiger partial charge >= 0.3 is 5.97 Å². The number of anilines is 1. The summed E-state index contributed by atoms with van der Waals surface area (Å²) >= 11 is 3.29. The number of benzene rings is 3. The largest absolute Gasteiger partial charge is 0.465 e. The van der Waals surface area contributed by atoms with Gasteiger partial charge in [0.2, 0.25) is 5.91 Å². The van der Waals surface area contributed by atoms with E-state index in [2.05, 4.69) is 21.2 Å². The van der Waals surface area contributed by atoms with Crippen LogP contribution in [0.25, 0.3) is 10.8 Å². The van der Waals surface area contributed by atoms with Crippen molar-refractivity contribution in [1.82, 2.24) is 0 Å². The number of hydrogen-bond donors (Lipinski definition) is 1. The lowest BCUT2D eigenvalue weighted by Crippen LogP contribution is -2.25. The maximum Gasteiger partial charge on any atom is 0.339 e. The molecule has 0 saturated heterocycles. The molecule has 3 aromatic rings. The lowest BCUT2D eigenvalue weighted by molar-refractivity contribution is -0.113. The minimum atomic E-state index is -3.70. The number of halogens is 1. The Hall–Kier alpha value is -2.71.